The van der Waals surface area contributed by atoms with Gasteiger partial charge in [0, 0.05) is 0 Å². The van der Waals surface area contributed by atoms with Crippen LogP contribution in [0.1, 0.15) is 34.0 Å². The number of esters is 1. The van der Waals surface area contributed by atoms with E-state index in [-0.39, 0.29) is 4.90 Å². The van der Waals surface area contributed by atoms with Gasteiger partial charge in [0.1, 0.15) is 26.4 Å². The van der Waals surface area contributed by atoms with E-state index in [9.17, 15) is 17.8 Å². The van der Waals surface area contributed by atoms with Crippen LogP contribution in [0.4, 0.5) is 5.82 Å². The monoisotopic (exact) mass is 459 g/mol. The van der Waals surface area contributed by atoms with Crippen molar-refractivity contribution in [3.8, 4) is 0 Å². The molecule has 0 aliphatic rings. The minimum Gasteiger partial charge on any atom is -0.744 e. The number of benzene rings is 1. The third-order valence-electron chi connectivity index (χ3n) is 3.45. The maximum Gasteiger partial charge on any atom is 0.341 e. The van der Waals surface area contributed by atoms with Crippen LogP contribution in [0.5, 0.6) is 0 Å². The second-order valence-corrected chi connectivity index (χ2v) is 7.94. The fourth-order valence-corrected chi connectivity index (χ4v) is 3.84. The Morgan fingerprint density at radius 3 is 2.15 bits per heavy atom. The highest BCUT2D eigenvalue weighted by molar-refractivity contribution is 9.10. The predicted molar refractivity (Wildman–Crippen MR) is 103 cm³/mol. The zero-order valence-corrected chi connectivity index (χ0v) is 17.8. The van der Waals surface area contributed by atoms with E-state index in [0.717, 1.165) is 10.2 Å². The van der Waals surface area contributed by atoms with Gasteiger partial charge in [-0.2, -0.15) is 0 Å². The number of ether oxygens (including phenoxy) is 1. The van der Waals surface area contributed by atoms with E-state index in [0.29, 0.717) is 33.6 Å². The van der Waals surface area contributed by atoms with Gasteiger partial charge in [-0.15, -0.1) is 4.68 Å². The number of carbonyl (C=O) groups excluding carboxylic acids is 1. The van der Waals surface area contributed by atoms with Crippen molar-refractivity contribution in [1.29, 1.82) is 0 Å². The highest BCUT2D eigenvalue weighted by atomic mass is 79.9. The number of aryl methyl sites for hydroxylation is 3. The quantitative estimate of drug-likeness (QED) is 0.308. The third-order valence-corrected chi connectivity index (χ3v) is 5.23. The first-order valence-corrected chi connectivity index (χ1v) is 10.0. The standard InChI is InChI=1S/C9H12O3S.C8H10BrN3O2/c1-6-4-7(2)9(8(3)5-6)13(10,11)12;1-2-14-8(13)5-3-6(9)7(10)12(11)4-5/h4-5H,1-3H3,(H,10,11,12);3-4,10H,2,11H2,1H3. The van der Waals surface area contributed by atoms with E-state index in [1.165, 1.54) is 6.20 Å². The Balaban J connectivity index is 0.000000271. The molecule has 0 aliphatic carbocycles. The SMILES string of the molecule is CCOC(=O)c1cc(Br)c(N)[n+](N)c1.Cc1cc(C)c(S(=O)(=O)[O-])c(C)c1. The summed E-state index contributed by atoms with van der Waals surface area (Å²) in [6.07, 6.45) is 1.41. The number of rotatable bonds is 3. The van der Waals surface area contributed by atoms with Gasteiger partial charge in [-0.1, -0.05) is 17.7 Å². The van der Waals surface area contributed by atoms with Crippen LogP contribution in [-0.2, 0) is 14.9 Å². The second kappa shape index (κ2) is 9.16. The maximum absolute atomic E-state index is 11.3. The van der Waals surface area contributed by atoms with Crippen molar-refractivity contribution < 1.29 is 27.2 Å². The van der Waals surface area contributed by atoms with Crippen LogP contribution in [0, 0.1) is 20.8 Å². The first-order valence-electron chi connectivity index (χ1n) is 7.85. The van der Waals surface area contributed by atoms with Crippen LogP contribution in [0.2, 0.25) is 0 Å². The molecule has 8 nitrogen and oxygen atoms in total. The number of nitrogens with zero attached hydrogens (tertiary/aromatic N) is 1. The zero-order chi connectivity index (χ0) is 20.9. The Kier molecular flexibility index (Phi) is 7.76. The molecule has 0 amide bonds. The van der Waals surface area contributed by atoms with Crippen molar-refractivity contribution in [2.75, 3.05) is 18.2 Å². The largest absolute Gasteiger partial charge is 0.744 e. The van der Waals surface area contributed by atoms with Gasteiger partial charge in [-0.25, -0.2) is 13.2 Å². The summed E-state index contributed by atoms with van der Waals surface area (Å²) >= 11 is 3.18. The van der Waals surface area contributed by atoms with Crippen molar-refractivity contribution in [1.82, 2.24) is 0 Å². The number of anilines is 1. The summed E-state index contributed by atoms with van der Waals surface area (Å²) < 4.78 is 39.0. The molecule has 0 atom stereocenters. The van der Waals surface area contributed by atoms with Crippen LogP contribution in [0.25, 0.3) is 0 Å². The smallest absolute Gasteiger partial charge is 0.341 e. The minimum atomic E-state index is -4.33. The number of hydrogen-bond donors (Lipinski definition) is 2. The Morgan fingerprint density at radius 1 is 1.22 bits per heavy atom. The van der Waals surface area contributed by atoms with Crippen LogP contribution in [0.15, 0.2) is 33.8 Å². The second-order valence-electron chi connectivity index (χ2n) is 5.77. The summed E-state index contributed by atoms with van der Waals surface area (Å²) in [5.74, 6) is 5.43. The lowest BCUT2D eigenvalue weighted by molar-refractivity contribution is -0.624. The lowest BCUT2D eigenvalue weighted by Crippen LogP contribution is -2.47. The van der Waals surface area contributed by atoms with Crippen LogP contribution >= 0.6 is 15.9 Å². The predicted octanol–water partition coefficient (Wildman–Crippen LogP) is 1.73. The van der Waals surface area contributed by atoms with Crippen molar-refractivity contribution in [3.05, 3.63) is 51.1 Å². The Bertz CT molecular complexity index is 915. The van der Waals surface area contributed by atoms with Gasteiger partial charge in [0.2, 0.25) is 0 Å². The lowest BCUT2D eigenvalue weighted by Gasteiger charge is -2.14. The van der Waals surface area contributed by atoms with E-state index in [1.54, 1.807) is 39.0 Å². The Morgan fingerprint density at radius 2 is 1.74 bits per heavy atom. The average molecular weight is 460 g/mol. The highest BCUT2D eigenvalue weighted by Crippen LogP contribution is 2.20. The summed E-state index contributed by atoms with van der Waals surface area (Å²) in [4.78, 5) is 11.2. The third kappa shape index (κ3) is 6.19. The molecule has 0 radical (unpaired) electrons. The number of pyridine rings is 1. The molecule has 0 fully saturated rings. The molecule has 0 bridgehead atoms. The van der Waals surface area contributed by atoms with Crippen LogP contribution in [-0.4, -0.2) is 25.5 Å². The molecule has 27 heavy (non-hydrogen) atoms. The van der Waals surface area contributed by atoms with Gasteiger partial charge in [0.05, 0.1) is 11.5 Å². The Labute approximate surface area is 167 Å². The number of halogens is 1. The molecular weight excluding hydrogens is 438 g/mol. The van der Waals surface area contributed by atoms with Gasteiger partial charge in [0.25, 0.3) is 0 Å². The number of aromatic nitrogens is 1. The summed E-state index contributed by atoms with van der Waals surface area (Å²) in [5.41, 5.74) is 7.92. The van der Waals surface area contributed by atoms with Crippen molar-refractivity contribution in [2.45, 2.75) is 32.6 Å². The molecule has 1 heterocycles. The summed E-state index contributed by atoms with van der Waals surface area (Å²) in [6, 6.07) is 4.95. The molecular formula is C17H22BrN3O5S. The molecule has 0 aliphatic heterocycles. The van der Waals surface area contributed by atoms with Gasteiger partial charge in [0.15, 0.2) is 0 Å². The average Bonchev–Trinajstić information content (AvgIpc) is 2.50. The molecule has 4 N–H and O–H groups in total. The van der Waals surface area contributed by atoms with Gasteiger partial charge in [-0.3, -0.25) is 11.6 Å². The molecule has 0 saturated carbocycles. The zero-order valence-electron chi connectivity index (χ0n) is 15.4. The maximum atomic E-state index is 11.3. The van der Waals surface area contributed by atoms with Crippen LogP contribution in [0.3, 0.4) is 0 Å². The minimum absolute atomic E-state index is 0.0851. The molecule has 0 saturated heterocycles. The molecule has 1 aromatic carbocycles. The van der Waals surface area contributed by atoms with Crippen molar-refractivity contribution >= 4 is 37.8 Å². The van der Waals surface area contributed by atoms with Gasteiger partial charge in [-0.05, 0) is 60.8 Å². The molecule has 1 aromatic heterocycles. The molecule has 2 aromatic rings. The van der Waals surface area contributed by atoms with E-state index < -0.39 is 16.1 Å². The lowest BCUT2D eigenvalue weighted by atomic mass is 10.1. The molecule has 0 unspecified atom stereocenters. The number of nitrogen functional groups attached to an aromatic ring is 2. The van der Waals surface area contributed by atoms with E-state index in [4.69, 9.17) is 16.3 Å². The first kappa shape index (κ1) is 22.9. The fraction of sp³-hybridized carbons (Fsp3) is 0.294. The van der Waals surface area contributed by atoms with Gasteiger partial charge >= 0.3 is 11.8 Å². The number of carbonyl (C=O) groups is 1. The Hall–Kier alpha value is -2.17. The van der Waals surface area contributed by atoms with Crippen molar-refractivity contribution in [3.63, 3.8) is 0 Å². The number of nitrogens with two attached hydrogens (primary N) is 2. The van der Waals surface area contributed by atoms with Crippen LogP contribution < -0.4 is 16.3 Å². The first-order chi connectivity index (χ1) is 12.4. The fourth-order valence-electron chi connectivity index (χ4n) is 2.48. The van der Waals surface area contributed by atoms with Gasteiger partial charge < -0.3 is 9.29 Å². The molecule has 2 rings (SSSR count). The summed E-state index contributed by atoms with van der Waals surface area (Å²) in [7, 11) is -4.33. The molecule has 10 heteroatoms. The normalized spacial score (nSPS) is 10.7. The summed E-state index contributed by atoms with van der Waals surface area (Å²) in [6.45, 7) is 7.18. The topological polar surface area (TPSA) is 139 Å². The molecule has 0 spiro atoms. The van der Waals surface area contributed by atoms with E-state index >= 15 is 0 Å². The summed E-state index contributed by atoms with van der Waals surface area (Å²) in [5, 5.41) is 0. The highest BCUT2D eigenvalue weighted by Gasteiger charge is 2.15. The molecule has 148 valence electrons. The number of hydrogen-bond acceptors (Lipinski definition) is 7. The van der Waals surface area contributed by atoms with E-state index in [2.05, 4.69) is 15.9 Å². The van der Waals surface area contributed by atoms with Crippen molar-refractivity contribution in [2.24, 2.45) is 0 Å². The van der Waals surface area contributed by atoms with E-state index in [1.807, 2.05) is 6.92 Å².